The van der Waals surface area contributed by atoms with Crippen molar-refractivity contribution in [3.63, 3.8) is 0 Å². The van der Waals surface area contributed by atoms with Gasteiger partial charge in [0.15, 0.2) is 11.2 Å². The van der Waals surface area contributed by atoms with Gasteiger partial charge < -0.3 is 13.9 Å². The molecule has 0 bridgehead atoms. The minimum Gasteiger partial charge on any atom is -0.463 e. The lowest BCUT2D eigenvalue weighted by Gasteiger charge is -2.34. The summed E-state index contributed by atoms with van der Waals surface area (Å²) in [5.41, 5.74) is 4.72. The number of hydrogen-bond acceptors (Lipinski definition) is 4. The first-order valence-corrected chi connectivity index (χ1v) is 10.9. The van der Waals surface area contributed by atoms with Crippen LogP contribution in [0.3, 0.4) is 0 Å². The van der Waals surface area contributed by atoms with Crippen molar-refractivity contribution in [3.8, 4) is 0 Å². The molecule has 0 radical (unpaired) electrons. The number of nitrogens with zero attached hydrogens (tertiary/aromatic N) is 2. The first-order chi connectivity index (χ1) is 14.6. The van der Waals surface area contributed by atoms with Crippen molar-refractivity contribution < 1.29 is 9.21 Å². The summed E-state index contributed by atoms with van der Waals surface area (Å²) in [7, 11) is 2.21. The predicted molar refractivity (Wildman–Crippen MR) is 118 cm³/mol. The van der Waals surface area contributed by atoms with Crippen LogP contribution in [0.5, 0.6) is 0 Å². The molecule has 152 valence electrons. The molecule has 2 heterocycles. The Bertz CT molecular complexity index is 1390. The molecule has 30 heavy (non-hydrogen) atoms. The zero-order chi connectivity index (χ0) is 20.4. The molecule has 2 aromatic heterocycles. The van der Waals surface area contributed by atoms with Crippen LogP contribution in [-0.4, -0.2) is 34.9 Å². The Morgan fingerprint density at radius 2 is 1.83 bits per heavy atom. The molecule has 5 heteroatoms. The molecule has 4 aromatic rings. The summed E-state index contributed by atoms with van der Waals surface area (Å²) in [6, 6.07) is 10.1. The molecule has 0 atom stereocenters. The van der Waals surface area contributed by atoms with E-state index in [2.05, 4.69) is 22.6 Å². The maximum atomic E-state index is 12.5. The highest BCUT2D eigenvalue weighted by Gasteiger charge is 2.27. The number of benzene rings is 2. The minimum absolute atomic E-state index is 0.0348. The van der Waals surface area contributed by atoms with Crippen LogP contribution >= 0.6 is 0 Å². The number of hydrogen-bond donors (Lipinski definition) is 0. The Morgan fingerprint density at radius 1 is 1.03 bits per heavy atom. The molecule has 0 spiro atoms. The largest absolute Gasteiger partial charge is 0.463 e. The van der Waals surface area contributed by atoms with Crippen LogP contribution < -0.4 is 5.43 Å². The van der Waals surface area contributed by atoms with Gasteiger partial charge in [-0.3, -0.25) is 9.59 Å². The van der Waals surface area contributed by atoms with Crippen LogP contribution in [0.2, 0.25) is 0 Å². The molecular weight excluding hydrogens is 376 g/mol. The molecule has 6 rings (SSSR count). The number of aryl methyl sites for hydroxylation is 1. The predicted octanol–water partition coefficient (Wildman–Crippen LogP) is 4.51. The second-order valence-corrected chi connectivity index (χ2v) is 8.75. The molecule has 1 saturated carbocycles. The van der Waals surface area contributed by atoms with Crippen molar-refractivity contribution in [1.82, 2.24) is 9.47 Å². The molecular formula is C25H24N2O3. The third kappa shape index (κ3) is 2.45. The van der Waals surface area contributed by atoms with Crippen LogP contribution in [0.1, 0.15) is 41.6 Å². The fourth-order valence-electron chi connectivity index (χ4n) is 5.28. The van der Waals surface area contributed by atoms with Crippen LogP contribution in [-0.2, 0) is 13.0 Å². The van der Waals surface area contributed by atoms with E-state index < -0.39 is 0 Å². The Morgan fingerprint density at radius 3 is 2.63 bits per heavy atom. The van der Waals surface area contributed by atoms with Crippen molar-refractivity contribution in [2.24, 2.45) is 0 Å². The number of Topliss-reactive ketones (excluding diaryl/α,β-unsaturated/α-hetero) is 1. The van der Waals surface area contributed by atoms with Crippen LogP contribution in [0, 0.1) is 0 Å². The van der Waals surface area contributed by atoms with Crippen molar-refractivity contribution >= 4 is 38.6 Å². The highest BCUT2D eigenvalue weighted by molar-refractivity contribution is 6.22. The van der Waals surface area contributed by atoms with Gasteiger partial charge in [0.2, 0.25) is 0 Å². The second kappa shape index (κ2) is 6.54. The summed E-state index contributed by atoms with van der Waals surface area (Å²) in [4.78, 5) is 27.3. The summed E-state index contributed by atoms with van der Waals surface area (Å²) in [6.07, 6.45) is 6.69. The smallest absolute Gasteiger partial charge is 0.192 e. The van der Waals surface area contributed by atoms with Gasteiger partial charge in [0.05, 0.1) is 22.6 Å². The number of carbonyl (C=O) groups is 1. The molecule has 2 aliphatic rings. The number of aromatic nitrogens is 1. The van der Waals surface area contributed by atoms with Gasteiger partial charge in [0.1, 0.15) is 5.58 Å². The molecule has 0 unspecified atom stereocenters. The lowest BCUT2D eigenvalue weighted by Crippen LogP contribution is -2.38. The third-order valence-corrected chi connectivity index (χ3v) is 7.21. The van der Waals surface area contributed by atoms with E-state index in [-0.39, 0.29) is 11.2 Å². The van der Waals surface area contributed by atoms with Gasteiger partial charge in [-0.15, -0.1) is 0 Å². The molecule has 5 nitrogen and oxygen atoms in total. The summed E-state index contributed by atoms with van der Waals surface area (Å²) < 4.78 is 8.24. The van der Waals surface area contributed by atoms with Crippen LogP contribution in [0.15, 0.2) is 45.8 Å². The van der Waals surface area contributed by atoms with Gasteiger partial charge in [-0.2, -0.15) is 0 Å². The van der Waals surface area contributed by atoms with E-state index in [1.54, 1.807) is 0 Å². The molecule has 2 aromatic carbocycles. The highest BCUT2D eigenvalue weighted by Crippen LogP contribution is 2.40. The minimum atomic E-state index is -0.0348. The van der Waals surface area contributed by atoms with Crippen molar-refractivity contribution in [2.45, 2.75) is 44.7 Å². The van der Waals surface area contributed by atoms with E-state index >= 15 is 0 Å². The van der Waals surface area contributed by atoms with Crippen LogP contribution in [0.25, 0.3) is 32.8 Å². The van der Waals surface area contributed by atoms with Gasteiger partial charge in [-0.05, 0) is 56.1 Å². The SMILES string of the molecule is CN(CCn1c2ccc3c(c2c2c4occc(=O)c4ccc21)CCC3=O)C1CCC1. The molecule has 0 saturated heterocycles. The van der Waals surface area contributed by atoms with E-state index in [4.69, 9.17) is 4.42 Å². The standard InChI is InChI=1S/C25H24N2O3/c1-26(15-3-2-4-15)12-13-27-19-8-5-16-17(7-10-21(16)28)23(19)24-20(27)9-6-18-22(29)11-14-30-25(18)24/h5-6,8-9,11,14-15H,2-4,7,10,12-13H2,1H3. The first kappa shape index (κ1) is 17.9. The second-order valence-electron chi connectivity index (χ2n) is 8.75. The van der Waals surface area contributed by atoms with E-state index in [0.29, 0.717) is 23.4 Å². The number of fused-ring (bicyclic) bond motifs is 7. The topological polar surface area (TPSA) is 55.5 Å². The molecule has 0 N–H and O–H groups in total. The first-order valence-electron chi connectivity index (χ1n) is 10.9. The average Bonchev–Trinajstić information content (AvgIpc) is 3.23. The lowest BCUT2D eigenvalue weighted by molar-refractivity contribution is 0.0994. The fourth-order valence-corrected chi connectivity index (χ4v) is 5.28. The van der Waals surface area contributed by atoms with Gasteiger partial charge in [-0.25, -0.2) is 0 Å². The zero-order valence-electron chi connectivity index (χ0n) is 17.1. The maximum Gasteiger partial charge on any atom is 0.192 e. The van der Waals surface area contributed by atoms with E-state index in [1.807, 2.05) is 18.2 Å². The fraction of sp³-hybridized carbons (Fsp3) is 0.360. The third-order valence-electron chi connectivity index (χ3n) is 7.21. The highest BCUT2D eigenvalue weighted by atomic mass is 16.3. The van der Waals surface area contributed by atoms with Gasteiger partial charge in [0.25, 0.3) is 0 Å². The average molecular weight is 400 g/mol. The molecule has 1 fully saturated rings. The Hall–Kier alpha value is -2.92. The number of ketones is 1. The maximum absolute atomic E-state index is 12.5. The molecule has 0 aliphatic heterocycles. The number of likely N-dealkylation sites (N-methyl/N-ethyl adjacent to an activating group) is 1. The van der Waals surface area contributed by atoms with Gasteiger partial charge >= 0.3 is 0 Å². The van der Waals surface area contributed by atoms with Crippen molar-refractivity contribution in [3.05, 3.63) is 57.9 Å². The normalized spacial score (nSPS) is 16.8. The Kier molecular flexibility index (Phi) is 3.90. The summed E-state index contributed by atoms with van der Waals surface area (Å²) in [6.45, 7) is 1.83. The quantitative estimate of drug-likeness (QED) is 0.506. The number of rotatable bonds is 4. The van der Waals surface area contributed by atoms with E-state index in [1.165, 1.54) is 31.6 Å². The monoisotopic (exact) mass is 400 g/mol. The summed E-state index contributed by atoms with van der Waals surface area (Å²) >= 11 is 0. The van der Waals surface area contributed by atoms with Gasteiger partial charge in [0, 0.05) is 48.1 Å². The lowest BCUT2D eigenvalue weighted by atomic mass is 9.92. The summed E-state index contributed by atoms with van der Waals surface area (Å²) in [5, 5.41) is 2.65. The Balaban J connectivity index is 1.63. The van der Waals surface area contributed by atoms with Gasteiger partial charge in [-0.1, -0.05) is 6.42 Å². The van der Waals surface area contributed by atoms with Crippen molar-refractivity contribution in [2.75, 3.05) is 13.6 Å². The zero-order valence-corrected chi connectivity index (χ0v) is 17.1. The summed E-state index contributed by atoms with van der Waals surface area (Å²) in [5.74, 6) is 0.208. The van der Waals surface area contributed by atoms with Crippen molar-refractivity contribution in [1.29, 1.82) is 0 Å². The van der Waals surface area contributed by atoms with E-state index in [9.17, 15) is 9.59 Å². The Labute approximate surface area is 173 Å². The molecule has 2 aliphatic carbocycles. The van der Waals surface area contributed by atoms with Crippen LogP contribution in [0.4, 0.5) is 0 Å². The van der Waals surface area contributed by atoms with E-state index in [0.717, 1.165) is 52.4 Å². The number of carbonyl (C=O) groups excluding carboxylic acids is 1. The molecule has 0 amide bonds.